The lowest BCUT2D eigenvalue weighted by atomic mass is 9.97. The lowest BCUT2D eigenvalue weighted by molar-refractivity contribution is -0.149. The molecule has 2 atom stereocenters. The van der Waals surface area contributed by atoms with Crippen molar-refractivity contribution in [3.8, 4) is 0 Å². The van der Waals surface area contributed by atoms with Gasteiger partial charge in [-0.1, -0.05) is 78.9 Å². The van der Waals surface area contributed by atoms with Gasteiger partial charge in [0.05, 0.1) is 0 Å². The number of nitrogens with one attached hydrogen (secondary N) is 2. The van der Waals surface area contributed by atoms with Crippen LogP contribution in [-0.2, 0) is 32.0 Å². The summed E-state index contributed by atoms with van der Waals surface area (Å²) in [6.07, 6.45) is 3.61. The summed E-state index contributed by atoms with van der Waals surface area (Å²) < 4.78 is 5.37. The van der Waals surface area contributed by atoms with Crippen LogP contribution in [0.1, 0.15) is 52.2 Å². The molecule has 1 aliphatic rings. The smallest absolute Gasteiger partial charge is 0.408 e. The summed E-state index contributed by atoms with van der Waals surface area (Å²) in [5, 5.41) is 7.87. The predicted molar refractivity (Wildman–Crippen MR) is 180 cm³/mol. The highest BCUT2D eigenvalue weighted by Gasteiger charge is 2.38. The van der Waals surface area contributed by atoms with Crippen LogP contribution in [-0.4, -0.2) is 77.0 Å². The predicted octanol–water partition coefficient (Wildman–Crippen LogP) is 5.03. The average molecular weight is 627 g/mol. The first-order chi connectivity index (χ1) is 21.7. The molecule has 0 saturated carbocycles. The van der Waals surface area contributed by atoms with E-state index < -0.39 is 29.3 Å². The minimum atomic E-state index is -0.851. The van der Waals surface area contributed by atoms with Crippen molar-refractivity contribution in [3.63, 3.8) is 0 Å². The number of carbonyl (C=O) groups is 4. The van der Waals surface area contributed by atoms with Gasteiger partial charge >= 0.3 is 6.09 Å². The van der Waals surface area contributed by atoms with Crippen molar-refractivity contribution in [1.82, 2.24) is 20.4 Å². The molecule has 46 heavy (non-hydrogen) atoms. The third-order valence-corrected chi connectivity index (χ3v) is 7.96. The summed E-state index contributed by atoms with van der Waals surface area (Å²) in [4.78, 5) is 56.5. The molecule has 1 fully saturated rings. The van der Waals surface area contributed by atoms with E-state index >= 15 is 0 Å². The van der Waals surface area contributed by atoms with Gasteiger partial charge in [0.15, 0.2) is 0 Å². The number of hydrogen-bond acceptors (Lipinski definition) is 5. The van der Waals surface area contributed by atoms with E-state index in [9.17, 15) is 19.2 Å². The van der Waals surface area contributed by atoms with Crippen LogP contribution in [0.5, 0.6) is 0 Å². The maximum absolute atomic E-state index is 14.4. The number of carbonyl (C=O) groups excluding carboxylic acids is 4. The highest BCUT2D eigenvalue weighted by atomic mass is 16.6. The van der Waals surface area contributed by atoms with Crippen LogP contribution in [0.3, 0.4) is 0 Å². The Kier molecular flexibility index (Phi) is 10.9. The Balaban J connectivity index is 1.56. The first kappa shape index (κ1) is 34.2. The van der Waals surface area contributed by atoms with Gasteiger partial charge in [-0.2, -0.15) is 0 Å². The minimum absolute atomic E-state index is 0.207. The molecule has 1 heterocycles. The minimum Gasteiger partial charge on any atom is -0.444 e. The highest BCUT2D eigenvalue weighted by molar-refractivity contribution is 5.95. The number of piperazine rings is 1. The standard InChI is InChI=1S/C37H46N4O5/c1-36(2,3)46-35(45)39-37(4,5)20-12-17-32(42)40(6)31(25-27-18-19-28-15-10-11-16-29(28)23-27)34(44)41-22-21-38-33(43)30(41)24-26-13-8-7-9-14-26/h7-19,23,30-31H,20-22,24-25H2,1-6H3,(H,38,43)(H,39,45)/b17-12+/t30-,31?/m1/s1. The Bertz CT molecular complexity index is 1580. The molecule has 1 saturated heterocycles. The topological polar surface area (TPSA) is 108 Å². The first-order valence-electron chi connectivity index (χ1n) is 15.8. The van der Waals surface area contributed by atoms with Gasteiger partial charge < -0.3 is 25.2 Å². The normalized spacial score (nSPS) is 16.2. The van der Waals surface area contributed by atoms with E-state index in [1.54, 1.807) is 38.8 Å². The van der Waals surface area contributed by atoms with Crippen LogP contribution < -0.4 is 10.6 Å². The molecule has 0 bridgehead atoms. The summed E-state index contributed by atoms with van der Waals surface area (Å²) in [7, 11) is 1.62. The van der Waals surface area contributed by atoms with Crippen molar-refractivity contribution in [3.05, 3.63) is 96.1 Å². The number of amides is 4. The second-order valence-corrected chi connectivity index (χ2v) is 13.5. The molecular weight excluding hydrogens is 580 g/mol. The van der Waals surface area contributed by atoms with E-state index in [1.807, 2.05) is 86.6 Å². The zero-order valence-electron chi connectivity index (χ0n) is 27.7. The molecule has 0 aliphatic carbocycles. The lowest BCUT2D eigenvalue weighted by Gasteiger charge is -2.39. The molecule has 0 radical (unpaired) electrons. The van der Waals surface area contributed by atoms with Crippen LogP contribution in [0.25, 0.3) is 10.8 Å². The van der Waals surface area contributed by atoms with Gasteiger partial charge in [0, 0.05) is 38.5 Å². The fourth-order valence-corrected chi connectivity index (χ4v) is 5.55. The van der Waals surface area contributed by atoms with Gasteiger partial charge in [-0.3, -0.25) is 14.4 Å². The van der Waals surface area contributed by atoms with Crippen LogP contribution in [0, 0.1) is 0 Å². The van der Waals surface area contributed by atoms with Crippen LogP contribution in [0.4, 0.5) is 4.79 Å². The molecule has 0 aromatic heterocycles. The molecule has 2 N–H and O–H groups in total. The molecule has 3 aromatic carbocycles. The SMILES string of the molecule is CN(C(=O)/C=C/CC(C)(C)NC(=O)OC(C)(C)C)C(Cc1ccc2ccccc2c1)C(=O)N1CCNC(=O)[C@H]1Cc1ccccc1. The maximum Gasteiger partial charge on any atom is 0.408 e. The van der Waals surface area contributed by atoms with Gasteiger partial charge in [-0.05, 0) is 69.0 Å². The molecule has 9 nitrogen and oxygen atoms in total. The van der Waals surface area contributed by atoms with E-state index in [0.717, 1.165) is 21.9 Å². The van der Waals surface area contributed by atoms with Crippen molar-refractivity contribution in [2.75, 3.05) is 20.1 Å². The largest absolute Gasteiger partial charge is 0.444 e. The van der Waals surface area contributed by atoms with E-state index in [2.05, 4.69) is 10.6 Å². The number of likely N-dealkylation sites (N-methyl/N-ethyl adjacent to an activating group) is 1. The lowest BCUT2D eigenvalue weighted by Crippen LogP contribution is -2.62. The van der Waals surface area contributed by atoms with Gasteiger partial charge in [-0.25, -0.2) is 4.79 Å². The number of rotatable bonds is 10. The van der Waals surface area contributed by atoms with Crippen molar-refractivity contribution in [1.29, 1.82) is 0 Å². The van der Waals surface area contributed by atoms with Crippen LogP contribution in [0.2, 0.25) is 0 Å². The number of alkyl carbamates (subject to hydrolysis) is 1. The molecule has 1 unspecified atom stereocenters. The molecule has 4 rings (SSSR count). The summed E-state index contributed by atoms with van der Waals surface area (Å²) in [5.74, 6) is -0.838. The summed E-state index contributed by atoms with van der Waals surface area (Å²) >= 11 is 0. The fraction of sp³-hybridized carbons (Fsp3) is 0.405. The number of benzene rings is 3. The average Bonchev–Trinajstić information content (AvgIpc) is 2.99. The van der Waals surface area contributed by atoms with Crippen molar-refractivity contribution in [2.24, 2.45) is 0 Å². The van der Waals surface area contributed by atoms with E-state index in [0.29, 0.717) is 25.9 Å². The molecule has 0 spiro atoms. The molecule has 4 amide bonds. The van der Waals surface area contributed by atoms with Crippen molar-refractivity contribution >= 4 is 34.6 Å². The van der Waals surface area contributed by atoms with E-state index in [4.69, 9.17) is 4.74 Å². The van der Waals surface area contributed by atoms with Gasteiger partial charge in [0.1, 0.15) is 17.7 Å². The Morgan fingerprint density at radius 2 is 1.65 bits per heavy atom. The quantitative estimate of drug-likeness (QED) is 0.307. The molecule has 244 valence electrons. The summed E-state index contributed by atoms with van der Waals surface area (Å²) in [6, 6.07) is 22.1. The van der Waals surface area contributed by atoms with Crippen LogP contribution in [0.15, 0.2) is 84.9 Å². The molecule has 3 aromatic rings. The molecule has 9 heteroatoms. The summed E-state index contributed by atoms with van der Waals surface area (Å²) in [5.41, 5.74) is 0.549. The number of hydrogen-bond donors (Lipinski definition) is 2. The Morgan fingerprint density at radius 3 is 2.35 bits per heavy atom. The van der Waals surface area contributed by atoms with Gasteiger partial charge in [0.2, 0.25) is 17.7 Å². The second kappa shape index (κ2) is 14.6. The number of nitrogens with zero attached hydrogens (tertiary/aromatic N) is 2. The summed E-state index contributed by atoms with van der Waals surface area (Å²) in [6.45, 7) is 9.76. The van der Waals surface area contributed by atoms with Gasteiger partial charge in [-0.15, -0.1) is 0 Å². The first-order valence-corrected chi connectivity index (χ1v) is 15.8. The van der Waals surface area contributed by atoms with Gasteiger partial charge in [0.25, 0.3) is 0 Å². The van der Waals surface area contributed by atoms with E-state index in [1.165, 1.54) is 11.0 Å². The maximum atomic E-state index is 14.4. The Labute approximate surface area is 272 Å². The second-order valence-electron chi connectivity index (χ2n) is 13.5. The number of fused-ring (bicyclic) bond motifs is 1. The van der Waals surface area contributed by atoms with Crippen LogP contribution >= 0.6 is 0 Å². The third kappa shape index (κ3) is 9.42. The fourth-order valence-electron chi connectivity index (χ4n) is 5.55. The zero-order chi connectivity index (χ0) is 33.5. The molecule has 1 aliphatic heterocycles. The van der Waals surface area contributed by atoms with E-state index in [-0.39, 0.29) is 24.1 Å². The third-order valence-electron chi connectivity index (χ3n) is 7.96. The monoisotopic (exact) mass is 626 g/mol. The zero-order valence-corrected chi connectivity index (χ0v) is 27.7. The Morgan fingerprint density at radius 1 is 0.978 bits per heavy atom. The molecular formula is C37H46N4O5. The number of ether oxygens (including phenoxy) is 1. The Hall–Kier alpha value is -4.66. The highest BCUT2D eigenvalue weighted by Crippen LogP contribution is 2.21. The van der Waals surface area contributed by atoms with Crippen molar-refractivity contribution in [2.45, 2.75) is 77.1 Å². The van der Waals surface area contributed by atoms with Crippen molar-refractivity contribution < 1.29 is 23.9 Å².